The molecular weight excluding hydrogens is 171 g/mol. The Bertz CT molecular complexity index is 195. The first kappa shape index (κ1) is 9.30. The molecule has 0 aliphatic heterocycles. The van der Waals surface area contributed by atoms with E-state index in [0.29, 0.717) is 0 Å². The van der Waals surface area contributed by atoms with Crippen LogP contribution in [-0.2, 0) is 0 Å². The van der Waals surface area contributed by atoms with Crippen LogP contribution in [0.1, 0.15) is 0 Å². The zero-order valence-electron chi connectivity index (χ0n) is 5.06. The van der Waals surface area contributed by atoms with Crippen LogP contribution in [0.2, 0.25) is 0 Å². The predicted molar refractivity (Wildman–Crippen MR) is 39.7 cm³/mol. The molecule has 0 aliphatic carbocycles. The molecule has 0 rings (SSSR count). The summed E-state index contributed by atoms with van der Waals surface area (Å²) < 4.78 is 0. The molecule has 0 heterocycles. The van der Waals surface area contributed by atoms with Crippen LogP contribution in [0.25, 0.3) is 0 Å². The summed E-state index contributed by atoms with van der Waals surface area (Å²) in [5.41, 5.74) is 0.498. The quantitative estimate of drug-likeness (QED) is 0.474. The Labute approximate surface area is 69.3 Å². The fourth-order valence-corrected chi connectivity index (χ4v) is 0.798. The molecule has 0 spiro atoms. The van der Waals surface area contributed by atoms with Gasteiger partial charge in [0.2, 0.25) is 0 Å². The van der Waals surface area contributed by atoms with Gasteiger partial charge in [0.15, 0.2) is 0 Å². The molecule has 0 bridgehead atoms. The van der Waals surface area contributed by atoms with Crippen molar-refractivity contribution in [2.24, 2.45) is 0 Å². The van der Waals surface area contributed by atoms with Crippen LogP contribution in [0.5, 0.6) is 0 Å². The Hall–Kier alpha value is -0.700. The van der Waals surface area contributed by atoms with E-state index in [1.807, 2.05) is 0 Å². The highest BCUT2D eigenvalue weighted by Crippen LogP contribution is 2.06. The monoisotopic (exact) mass is 174 g/mol. The molecule has 0 saturated heterocycles. The molecule has 0 saturated carbocycles. The van der Waals surface area contributed by atoms with E-state index in [1.165, 1.54) is 0 Å². The number of nitrogens with zero attached hydrogens (tertiary/aromatic N) is 2. The molecule has 0 amide bonds. The van der Waals surface area contributed by atoms with Gasteiger partial charge in [-0.25, -0.2) is 0 Å². The lowest BCUT2D eigenvalue weighted by Gasteiger charge is -1.91. The van der Waals surface area contributed by atoms with E-state index in [9.17, 15) is 0 Å². The number of allylic oxidation sites excluding steroid dienone is 2. The van der Waals surface area contributed by atoms with E-state index in [0.717, 1.165) is 0 Å². The second-order valence-corrected chi connectivity index (χ2v) is 1.98. The fourth-order valence-electron chi connectivity index (χ4n) is 0.356. The maximum absolute atomic E-state index is 8.36. The van der Waals surface area contributed by atoms with Crippen molar-refractivity contribution in [3.05, 3.63) is 11.1 Å². The van der Waals surface area contributed by atoms with Crippen molar-refractivity contribution in [2.75, 3.05) is 11.8 Å². The minimum absolute atomic E-state index is 0.0477. The zero-order chi connectivity index (χ0) is 7.98. The van der Waals surface area contributed by atoms with Gasteiger partial charge in [0, 0.05) is 0 Å². The molecule has 0 aromatic heterocycles. The predicted octanol–water partition coefficient (Wildman–Crippen LogP) is 1.81. The van der Waals surface area contributed by atoms with Gasteiger partial charge in [-0.3, -0.25) is 0 Å². The van der Waals surface area contributed by atoms with Crippen LogP contribution in [0.15, 0.2) is 11.1 Å². The van der Waals surface area contributed by atoms with Crippen LogP contribution in [-0.4, -0.2) is 11.8 Å². The van der Waals surface area contributed by atoms with Gasteiger partial charge < -0.3 is 0 Å². The van der Waals surface area contributed by atoms with Crippen molar-refractivity contribution >= 4 is 23.2 Å². The standard InChI is InChI=1S/C6H4Cl2N2/c7-1-5(3-9)6(2-8)4-10/h1-2H2/b6-5+. The van der Waals surface area contributed by atoms with Crippen molar-refractivity contribution in [3.63, 3.8) is 0 Å². The summed E-state index contributed by atoms with van der Waals surface area (Å²) in [5.74, 6) is 0.0955. The van der Waals surface area contributed by atoms with E-state index in [-0.39, 0.29) is 22.9 Å². The van der Waals surface area contributed by atoms with Crippen LogP contribution in [0.4, 0.5) is 0 Å². The lowest BCUT2D eigenvalue weighted by Crippen LogP contribution is -1.90. The lowest BCUT2D eigenvalue weighted by molar-refractivity contribution is 1.35. The lowest BCUT2D eigenvalue weighted by atomic mass is 10.2. The van der Waals surface area contributed by atoms with E-state index in [2.05, 4.69) is 0 Å². The number of hydrogen-bond donors (Lipinski definition) is 0. The Morgan fingerprint density at radius 1 is 1.00 bits per heavy atom. The Kier molecular flexibility index (Phi) is 4.76. The third kappa shape index (κ3) is 2.27. The number of rotatable bonds is 2. The summed E-state index contributed by atoms with van der Waals surface area (Å²) in [6.45, 7) is 0. The summed E-state index contributed by atoms with van der Waals surface area (Å²) in [5, 5.41) is 16.7. The van der Waals surface area contributed by atoms with Gasteiger partial charge in [0.05, 0.1) is 35.0 Å². The summed E-state index contributed by atoms with van der Waals surface area (Å²) >= 11 is 10.7. The molecular formula is C6H4Cl2N2. The molecule has 0 aromatic rings. The third-order valence-corrected chi connectivity index (χ3v) is 1.44. The number of hydrogen-bond acceptors (Lipinski definition) is 2. The second-order valence-electron chi connectivity index (χ2n) is 1.45. The topological polar surface area (TPSA) is 47.6 Å². The second kappa shape index (κ2) is 5.11. The Morgan fingerprint density at radius 2 is 1.30 bits per heavy atom. The van der Waals surface area contributed by atoms with Crippen LogP contribution in [0, 0.1) is 22.7 Å². The molecule has 0 aromatic carbocycles. The third-order valence-electron chi connectivity index (χ3n) is 0.901. The first-order valence-corrected chi connectivity index (χ1v) is 3.51. The molecule has 0 atom stereocenters. The summed E-state index contributed by atoms with van der Waals surface area (Å²) in [6, 6.07) is 3.59. The van der Waals surface area contributed by atoms with Crippen molar-refractivity contribution in [3.8, 4) is 12.1 Å². The van der Waals surface area contributed by atoms with Gasteiger partial charge in [0.25, 0.3) is 0 Å². The summed E-state index contributed by atoms with van der Waals surface area (Å²) in [6.07, 6.45) is 0. The number of halogens is 2. The van der Waals surface area contributed by atoms with Crippen molar-refractivity contribution < 1.29 is 0 Å². The van der Waals surface area contributed by atoms with E-state index in [1.54, 1.807) is 12.1 Å². The molecule has 10 heavy (non-hydrogen) atoms. The zero-order valence-corrected chi connectivity index (χ0v) is 6.58. The normalized spacial score (nSPS) is 11.2. The van der Waals surface area contributed by atoms with Crippen molar-refractivity contribution in [2.45, 2.75) is 0 Å². The van der Waals surface area contributed by atoms with Gasteiger partial charge in [-0.05, 0) is 0 Å². The van der Waals surface area contributed by atoms with Crippen LogP contribution < -0.4 is 0 Å². The molecule has 0 unspecified atom stereocenters. The number of nitriles is 2. The largest absolute Gasteiger partial charge is 0.193 e. The van der Waals surface area contributed by atoms with Crippen LogP contribution in [0.3, 0.4) is 0 Å². The average Bonchev–Trinajstić information content (AvgIpc) is 2.00. The number of alkyl halides is 2. The molecule has 0 fully saturated rings. The summed E-state index contributed by atoms with van der Waals surface area (Å²) in [7, 11) is 0. The van der Waals surface area contributed by atoms with Crippen LogP contribution >= 0.6 is 23.2 Å². The average molecular weight is 175 g/mol. The van der Waals surface area contributed by atoms with E-state index >= 15 is 0 Å². The molecule has 2 nitrogen and oxygen atoms in total. The Morgan fingerprint density at radius 3 is 1.40 bits per heavy atom. The maximum Gasteiger partial charge on any atom is 0.0970 e. The molecule has 0 radical (unpaired) electrons. The first-order chi connectivity index (χ1) is 4.79. The molecule has 52 valence electrons. The Balaban J connectivity index is 4.62. The van der Waals surface area contributed by atoms with Gasteiger partial charge in [-0.2, -0.15) is 10.5 Å². The van der Waals surface area contributed by atoms with E-state index < -0.39 is 0 Å². The minimum Gasteiger partial charge on any atom is -0.193 e. The molecule has 0 aliphatic rings. The minimum atomic E-state index is 0.0477. The van der Waals surface area contributed by atoms with Crippen molar-refractivity contribution in [1.82, 2.24) is 0 Å². The fraction of sp³-hybridized carbons (Fsp3) is 0.333. The van der Waals surface area contributed by atoms with E-state index in [4.69, 9.17) is 33.7 Å². The molecule has 0 N–H and O–H groups in total. The van der Waals surface area contributed by atoms with Gasteiger partial charge in [-0.1, -0.05) is 0 Å². The first-order valence-electron chi connectivity index (χ1n) is 2.44. The smallest absolute Gasteiger partial charge is 0.0970 e. The highest BCUT2D eigenvalue weighted by atomic mass is 35.5. The van der Waals surface area contributed by atoms with Gasteiger partial charge in [0.1, 0.15) is 0 Å². The maximum atomic E-state index is 8.36. The van der Waals surface area contributed by atoms with Crippen molar-refractivity contribution in [1.29, 1.82) is 10.5 Å². The highest BCUT2D eigenvalue weighted by molar-refractivity contribution is 6.21. The molecule has 4 heteroatoms. The van der Waals surface area contributed by atoms with Gasteiger partial charge in [-0.15, -0.1) is 23.2 Å². The SMILES string of the molecule is N#C/C(CCl)=C(/C#N)CCl. The van der Waals surface area contributed by atoms with Gasteiger partial charge >= 0.3 is 0 Å². The highest BCUT2D eigenvalue weighted by Gasteiger charge is 2.01. The summed E-state index contributed by atoms with van der Waals surface area (Å²) in [4.78, 5) is 0.